The van der Waals surface area contributed by atoms with Crippen molar-refractivity contribution in [1.82, 2.24) is 0 Å². The van der Waals surface area contributed by atoms with Crippen molar-refractivity contribution >= 4 is 11.5 Å². The van der Waals surface area contributed by atoms with E-state index >= 15 is 0 Å². The molecule has 0 aliphatic rings. The maximum atomic E-state index is 11.7. The standard InChI is InChI=1S/C10H10F3N3O5/c11-10(12,13)21-4-3-20-8-2-1-6(9(14)15-17)5-7(8)16(18)19/h1-2,5,17H,3-4H2,(H2,14,15). The van der Waals surface area contributed by atoms with Gasteiger partial charge in [0.05, 0.1) is 11.5 Å². The van der Waals surface area contributed by atoms with Gasteiger partial charge in [0, 0.05) is 11.6 Å². The Morgan fingerprint density at radius 1 is 1.43 bits per heavy atom. The molecule has 1 aromatic carbocycles. The average molecular weight is 309 g/mol. The van der Waals surface area contributed by atoms with Gasteiger partial charge in [-0.1, -0.05) is 5.16 Å². The van der Waals surface area contributed by atoms with Crippen LogP contribution in [0.2, 0.25) is 0 Å². The Hall–Kier alpha value is -2.56. The van der Waals surface area contributed by atoms with Gasteiger partial charge in [0.2, 0.25) is 0 Å². The lowest BCUT2D eigenvalue weighted by atomic mass is 10.1. The van der Waals surface area contributed by atoms with E-state index in [1.165, 1.54) is 6.07 Å². The number of hydrogen-bond acceptors (Lipinski definition) is 6. The van der Waals surface area contributed by atoms with Crippen LogP contribution >= 0.6 is 0 Å². The summed E-state index contributed by atoms with van der Waals surface area (Å²) in [4.78, 5) is 10.0. The van der Waals surface area contributed by atoms with E-state index in [4.69, 9.17) is 15.7 Å². The summed E-state index contributed by atoms with van der Waals surface area (Å²) in [6.45, 7) is -1.36. The minimum atomic E-state index is -4.80. The van der Waals surface area contributed by atoms with Gasteiger partial charge in [-0.25, -0.2) is 0 Å². The third-order valence-corrected chi connectivity index (χ3v) is 2.17. The van der Waals surface area contributed by atoms with Crippen molar-refractivity contribution in [3.05, 3.63) is 33.9 Å². The number of rotatable bonds is 6. The smallest absolute Gasteiger partial charge is 0.484 e. The number of nitro groups is 1. The number of nitro benzene ring substituents is 1. The molecule has 8 nitrogen and oxygen atoms in total. The molecular formula is C10H10F3N3O5. The molecule has 0 aromatic heterocycles. The summed E-state index contributed by atoms with van der Waals surface area (Å²) in [5.41, 5.74) is 4.80. The van der Waals surface area contributed by atoms with Gasteiger partial charge in [0.25, 0.3) is 0 Å². The molecule has 1 aromatic rings. The van der Waals surface area contributed by atoms with E-state index in [1.54, 1.807) is 0 Å². The van der Waals surface area contributed by atoms with Crippen molar-refractivity contribution in [3.8, 4) is 5.75 Å². The Bertz CT molecular complexity index is 547. The summed E-state index contributed by atoms with van der Waals surface area (Å²) in [5, 5.41) is 22.0. The summed E-state index contributed by atoms with van der Waals surface area (Å²) in [6.07, 6.45) is -4.80. The number of nitrogens with zero attached hydrogens (tertiary/aromatic N) is 2. The predicted molar refractivity (Wildman–Crippen MR) is 63.1 cm³/mol. The summed E-state index contributed by atoms with van der Waals surface area (Å²) in [5.74, 6) is -0.620. The van der Waals surface area contributed by atoms with Crippen LogP contribution in [0.5, 0.6) is 5.75 Å². The molecule has 0 aliphatic carbocycles. The molecule has 0 amide bonds. The maximum Gasteiger partial charge on any atom is 0.522 e. The SMILES string of the molecule is NC(=NO)c1ccc(OCCOC(F)(F)F)c([N+](=O)[O-])c1. The summed E-state index contributed by atoms with van der Waals surface area (Å²) < 4.78 is 43.5. The number of alkyl halides is 3. The van der Waals surface area contributed by atoms with Gasteiger partial charge in [-0.15, -0.1) is 13.2 Å². The molecule has 3 N–H and O–H groups in total. The zero-order valence-electron chi connectivity index (χ0n) is 10.3. The highest BCUT2D eigenvalue weighted by Crippen LogP contribution is 2.28. The Morgan fingerprint density at radius 2 is 2.10 bits per heavy atom. The second-order valence-electron chi connectivity index (χ2n) is 3.57. The van der Waals surface area contributed by atoms with Crippen LogP contribution in [0.1, 0.15) is 5.56 Å². The summed E-state index contributed by atoms with van der Waals surface area (Å²) >= 11 is 0. The number of ether oxygens (including phenoxy) is 2. The highest BCUT2D eigenvalue weighted by molar-refractivity contribution is 5.97. The molecular weight excluding hydrogens is 299 g/mol. The quantitative estimate of drug-likeness (QED) is 0.206. The average Bonchev–Trinajstić information content (AvgIpc) is 2.41. The normalized spacial score (nSPS) is 12.2. The highest BCUT2D eigenvalue weighted by atomic mass is 19.4. The van der Waals surface area contributed by atoms with Crippen LogP contribution in [0.3, 0.4) is 0 Å². The van der Waals surface area contributed by atoms with Crippen molar-refractivity contribution in [3.63, 3.8) is 0 Å². The lowest BCUT2D eigenvalue weighted by Gasteiger charge is -2.09. The van der Waals surface area contributed by atoms with Crippen LogP contribution in [-0.4, -0.2) is 35.5 Å². The fraction of sp³-hybridized carbons (Fsp3) is 0.300. The maximum absolute atomic E-state index is 11.7. The van der Waals surface area contributed by atoms with Gasteiger partial charge in [-0.2, -0.15) is 0 Å². The molecule has 0 atom stereocenters. The van der Waals surface area contributed by atoms with Crippen LogP contribution in [0.25, 0.3) is 0 Å². The van der Waals surface area contributed by atoms with Gasteiger partial charge in [-0.3, -0.25) is 14.9 Å². The van der Waals surface area contributed by atoms with Gasteiger partial charge in [0.1, 0.15) is 6.61 Å². The van der Waals surface area contributed by atoms with E-state index in [2.05, 4.69) is 9.89 Å². The van der Waals surface area contributed by atoms with Crippen molar-refractivity contribution in [2.75, 3.05) is 13.2 Å². The minimum Gasteiger partial charge on any atom is -0.484 e. The molecule has 0 fully saturated rings. The van der Waals surface area contributed by atoms with E-state index in [0.717, 1.165) is 12.1 Å². The number of hydrogen-bond donors (Lipinski definition) is 2. The molecule has 0 unspecified atom stereocenters. The van der Waals surface area contributed by atoms with Gasteiger partial charge in [-0.05, 0) is 12.1 Å². The lowest BCUT2D eigenvalue weighted by molar-refractivity contribution is -0.386. The number of nitrogens with two attached hydrogens (primary N) is 1. The van der Waals surface area contributed by atoms with Gasteiger partial charge < -0.3 is 15.7 Å². The third-order valence-electron chi connectivity index (χ3n) is 2.17. The first kappa shape index (κ1) is 16.5. The van der Waals surface area contributed by atoms with Crippen molar-refractivity contribution in [2.24, 2.45) is 10.9 Å². The summed E-state index contributed by atoms with van der Waals surface area (Å²) in [6, 6.07) is 3.34. The Balaban J connectivity index is 2.80. The predicted octanol–water partition coefficient (Wildman–Crippen LogP) is 1.60. The molecule has 11 heteroatoms. The van der Waals surface area contributed by atoms with E-state index in [0.29, 0.717) is 0 Å². The Labute approximate surface area is 115 Å². The first-order valence-electron chi connectivity index (χ1n) is 5.34. The number of halogens is 3. The Kier molecular flexibility index (Phi) is 5.30. The van der Waals surface area contributed by atoms with Crippen LogP contribution in [0, 0.1) is 10.1 Å². The zero-order valence-corrected chi connectivity index (χ0v) is 10.3. The van der Waals surface area contributed by atoms with E-state index in [-0.39, 0.29) is 17.1 Å². The molecule has 1 rings (SSSR count). The fourth-order valence-corrected chi connectivity index (χ4v) is 1.31. The van der Waals surface area contributed by atoms with Crippen molar-refractivity contribution < 1.29 is 32.8 Å². The van der Waals surface area contributed by atoms with Gasteiger partial charge in [0.15, 0.2) is 11.6 Å². The monoisotopic (exact) mass is 309 g/mol. The molecule has 21 heavy (non-hydrogen) atoms. The second-order valence-corrected chi connectivity index (χ2v) is 3.57. The number of oxime groups is 1. The van der Waals surface area contributed by atoms with Gasteiger partial charge >= 0.3 is 12.0 Å². The first-order valence-corrected chi connectivity index (χ1v) is 5.34. The largest absolute Gasteiger partial charge is 0.522 e. The molecule has 0 saturated carbocycles. The van der Waals surface area contributed by atoms with Crippen molar-refractivity contribution in [2.45, 2.75) is 6.36 Å². The second kappa shape index (κ2) is 6.74. The Morgan fingerprint density at radius 3 is 2.62 bits per heavy atom. The number of amidine groups is 1. The van der Waals surface area contributed by atoms with E-state index in [1.807, 2.05) is 0 Å². The summed E-state index contributed by atoms with van der Waals surface area (Å²) in [7, 11) is 0. The van der Waals surface area contributed by atoms with Crippen LogP contribution < -0.4 is 10.5 Å². The van der Waals surface area contributed by atoms with Crippen LogP contribution in [0.4, 0.5) is 18.9 Å². The van der Waals surface area contributed by atoms with Crippen LogP contribution in [0.15, 0.2) is 23.4 Å². The topological polar surface area (TPSA) is 120 Å². The molecule has 0 spiro atoms. The molecule has 116 valence electrons. The molecule has 0 bridgehead atoms. The molecule has 0 saturated heterocycles. The van der Waals surface area contributed by atoms with Crippen molar-refractivity contribution in [1.29, 1.82) is 0 Å². The van der Waals surface area contributed by atoms with Crippen LogP contribution in [-0.2, 0) is 4.74 Å². The van der Waals surface area contributed by atoms with E-state index in [9.17, 15) is 23.3 Å². The lowest BCUT2D eigenvalue weighted by Crippen LogP contribution is -2.18. The molecule has 0 aliphatic heterocycles. The van der Waals surface area contributed by atoms with E-state index < -0.39 is 30.2 Å². The molecule has 0 heterocycles. The minimum absolute atomic E-state index is 0.0584. The first-order chi connectivity index (χ1) is 9.74. The highest BCUT2D eigenvalue weighted by Gasteiger charge is 2.28. The molecule has 0 radical (unpaired) electrons. The number of benzene rings is 1. The third kappa shape index (κ3) is 5.14. The zero-order chi connectivity index (χ0) is 16.0. The fourth-order valence-electron chi connectivity index (χ4n) is 1.31.